The second-order valence-corrected chi connectivity index (χ2v) is 15.6. The van der Waals surface area contributed by atoms with E-state index in [-0.39, 0.29) is 53.4 Å². The third kappa shape index (κ3) is 9.84. The minimum Gasteiger partial charge on any atom is -0.392 e. The topological polar surface area (TPSA) is 95.0 Å². The minimum absolute atomic E-state index is 0.0494. The zero-order chi connectivity index (χ0) is 33.4. The summed E-state index contributed by atoms with van der Waals surface area (Å²) in [5, 5.41) is 11.8. The Labute approximate surface area is 275 Å². The van der Waals surface area contributed by atoms with Crippen LogP contribution in [0.15, 0.2) is 78.9 Å². The van der Waals surface area contributed by atoms with Gasteiger partial charge in [0, 0.05) is 44.1 Å². The summed E-state index contributed by atoms with van der Waals surface area (Å²) in [5.74, 6) is -0.199. The molecular weight excluding hydrogens is 596 g/mol. The van der Waals surface area contributed by atoms with Crippen LogP contribution in [-0.4, -0.2) is 69.0 Å². The van der Waals surface area contributed by atoms with Gasteiger partial charge in [-0.25, -0.2) is 8.42 Å². The maximum absolute atomic E-state index is 14.1. The molecule has 0 spiro atoms. The molecule has 7 nitrogen and oxygen atoms in total. The molecule has 4 atom stereocenters. The van der Waals surface area contributed by atoms with Crippen LogP contribution in [0.25, 0.3) is 0 Å². The van der Waals surface area contributed by atoms with Gasteiger partial charge in [-0.15, -0.1) is 0 Å². The third-order valence-electron chi connectivity index (χ3n) is 9.20. The van der Waals surface area contributed by atoms with Crippen molar-refractivity contribution >= 4 is 27.3 Å². The summed E-state index contributed by atoms with van der Waals surface area (Å²) in [5.41, 5.74) is 2.92. The van der Waals surface area contributed by atoms with Gasteiger partial charge in [-0.05, 0) is 78.8 Å². The van der Waals surface area contributed by atoms with E-state index in [0.29, 0.717) is 17.9 Å². The molecule has 1 aliphatic rings. The van der Waals surface area contributed by atoms with E-state index in [2.05, 4.69) is 18.7 Å². The number of aliphatic hydroxyl groups is 1. The van der Waals surface area contributed by atoms with Crippen LogP contribution in [0, 0.1) is 17.8 Å². The van der Waals surface area contributed by atoms with Gasteiger partial charge in [-0.2, -0.15) is 0 Å². The molecule has 1 saturated heterocycles. The van der Waals surface area contributed by atoms with Crippen LogP contribution in [0.2, 0.25) is 0 Å². The molecule has 3 aromatic carbocycles. The number of benzene rings is 3. The predicted molar refractivity (Wildman–Crippen MR) is 186 cm³/mol. The first-order valence-electron chi connectivity index (χ1n) is 16.5. The first-order valence-corrected chi connectivity index (χ1v) is 18.3. The Morgan fingerprint density at radius 2 is 1.50 bits per heavy atom. The number of rotatable bonds is 15. The zero-order valence-corrected chi connectivity index (χ0v) is 28.7. The van der Waals surface area contributed by atoms with E-state index in [1.54, 1.807) is 18.2 Å². The number of anilines is 1. The van der Waals surface area contributed by atoms with Crippen molar-refractivity contribution in [3.8, 4) is 0 Å². The van der Waals surface area contributed by atoms with Crippen molar-refractivity contribution in [2.75, 3.05) is 37.2 Å². The third-order valence-corrected chi connectivity index (χ3v) is 10.4. The standard InChI is InChI=1S/C38H50N2O5S/c1-27(2)25-40-18-12-17-31(26-40)38(43)34(20-29-13-8-6-9-14-29)24-37(42)33-21-32(22-35(23-33)39(4)46(5,44)45)36(41)19-28(3)30-15-10-7-11-16-30/h6-11,13-16,21-23,27-28,31,34,38,43H,12,17-20,24-26H2,1-5H3/t28-,31?,34?,38+/m0/s1. The fourth-order valence-corrected chi connectivity index (χ4v) is 7.11. The van der Waals surface area contributed by atoms with Crippen molar-refractivity contribution in [2.24, 2.45) is 17.8 Å². The molecule has 1 aliphatic heterocycles. The number of Topliss-reactive ketones (excluding diaryl/α,β-unsaturated/α-hetero) is 2. The first-order chi connectivity index (χ1) is 21.8. The Bertz CT molecular complexity index is 1560. The smallest absolute Gasteiger partial charge is 0.231 e. The molecule has 0 saturated carbocycles. The van der Waals surface area contributed by atoms with E-state index in [0.717, 1.165) is 54.2 Å². The lowest BCUT2D eigenvalue weighted by Crippen LogP contribution is -2.44. The van der Waals surface area contributed by atoms with Crippen molar-refractivity contribution in [1.29, 1.82) is 0 Å². The minimum atomic E-state index is -3.65. The van der Waals surface area contributed by atoms with Crippen LogP contribution in [-0.2, 0) is 16.4 Å². The molecule has 46 heavy (non-hydrogen) atoms. The lowest BCUT2D eigenvalue weighted by molar-refractivity contribution is 0.00716. The van der Waals surface area contributed by atoms with Gasteiger partial charge in [0.25, 0.3) is 0 Å². The molecule has 0 aliphatic carbocycles. The average Bonchev–Trinajstić information content (AvgIpc) is 3.03. The summed E-state index contributed by atoms with van der Waals surface area (Å²) in [6, 6.07) is 24.4. The van der Waals surface area contributed by atoms with Crippen molar-refractivity contribution in [3.05, 3.63) is 101 Å². The number of likely N-dealkylation sites (tertiary alicyclic amines) is 1. The highest BCUT2D eigenvalue weighted by Crippen LogP contribution is 2.31. The van der Waals surface area contributed by atoms with E-state index in [1.807, 2.05) is 67.6 Å². The van der Waals surface area contributed by atoms with Gasteiger partial charge in [-0.1, -0.05) is 81.4 Å². The van der Waals surface area contributed by atoms with Gasteiger partial charge in [-0.3, -0.25) is 13.9 Å². The van der Waals surface area contributed by atoms with Crippen molar-refractivity contribution < 1.29 is 23.1 Å². The van der Waals surface area contributed by atoms with E-state index in [4.69, 9.17) is 0 Å². The number of nitrogens with zero attached hydrogens (tertiary/aromatic N) is 2. The number of hydrogen-bond acceptors (Lipinski definition) is 6. The molecular formula is C38H50N2O5S. The molecule has 3 aromatic rings. The summed E-state index contributed by atoms with van der Waals surface area (Å²) in [6.45, 7) is 9.18. The largest absolute Gasteiger partial charge is 0.392 e. The van der Waals surface area contributed by atoms with Crippen molar-refractivity contribution in [1.82, 2.24) is 4.90 Å². The van der Waals surface area contributed by atoms with E-state index in [9.17, 15) is 23.1 Å². The number of carbonyl (C=O) groups excluding carboxylic acids is 2. The molecule has 8 heteroatoms. The Balaban J connectivity index is 1.63. The van der Waals surface area contributed by atoms with Crippen LogP contribution in [0.4, 0.5) is 5.69 Å². The zero-order valence-electron chi connectivity index (χ0n) is 27.9. The molecule has 4 rings (SSSR count). The highest BCUT2D eigenvalue weighted by molar-refractivity contribution is 7.92. The SMILES string of the molecule is CC(C)CN1CCCC([C@@H](O)C(CC(=O)c2cc(C(=O)C[C@H](C)c3ccccc3)cc(N(C)S(C)(=O)=O)c2)Cc2ccccc2)C1. The highest BCUT2D eigenvalue weighted by Gasteiger charge is 2.33. The van der Waals surface area contributed by atoms with Gasteiger partial charge in [0.1, 0.15) is 0 Å². The summed E-state index contributed by atoms with van der Waals surface area (Å²) in [7, 11) is -2.22. The van der Waals surface area contributed by atoms with Gasteiger partial charge in [0.15, 0.2) is 11.6 Å². The Kier molecular flexibility index (Phi) is 12.3. The second-order valence-electron chi connectivity index (χ2n) is 13.6. The summed E-state index contributed by atoms with van der Waals surface area (Å²) >= 11 is 0. The predicted octanol–water partition coefficient (Wildman–Crippen LogP) is 6.62. The van der Waals surface area contributed by atoms with Crippen molar-refractivity contribution in [3.63, 3.8) is 0 Å². The normalized spacial score (nSPS) is 17.8. The van der Waals surface area contributed by atoms with E-state index >= 15 is 0 Å². The molecule has 1 fully saturated rings. The number of aliphatic hydroxyl groups excluding tert-OH is 1. The second kappa shape index (κ2) is 16.0. The molecule has 2 unspecified atom stereocenters. The fourth-order valence-electron chi connectivity index (χ4n) is 6.63. The molecule has 0 radical (unpaired) electrons. The summed E-state index contributed by atoms with van der Waals surface area (Å²) in [4.78, 5) is 30.1. The van der Waals surface area contributed by atoms with Crippen LogP contribution < -0.4 is 4.31 Å². The number of piperidine rings is 1. The number of hydrogen-bond donors (Lipinski definition) is 1. The Hall–Kier alpha value is -3.33. The lowest BCUT2D eigenvalue weighted by atomic mass is 9.79. The quantitative estimate of drug-likeness (QED) is 0.187. The molecule has 0 aromatic heterocycles. The Morgan fingerprint density at radius 1 is 0.913 bits per heavy atom. The first kappa shape index (κ1) is 35.5. The van der Waals surface area contributed by atoms with Gasteiger partial charge in [0.2, 0.25) is 10.0 Å². The molecule has 0 bridgehead atoms. The van der Waals surface area contributed by atoms with Crippen LogP contribution >= 0.6 is 0 Å². The van der Waals surface area contributed by atoms with E-state index in [1.165, 1.54) is 7.05 Å². The lowest BCUT2D eigenvalue weighted by Gasteiger charge is -2.38. The molecule has 0 amide bonds. The van der Waals surface area contributed by atoms with Gasteiger partial charge >= 0.3 is 0 Å². The maximum atomic E-state index is 14.1. The van der Waals surface area contributed by atoms with Crippen LogP contribution in [0.5, 0.6) is 0 Å². The van der Waals surface area contributed by atoms with Gasteiger partial charge in [0.05, 0.1) is 18.0 Å². The molecule has 248 valence electrons. The van der Waals surface area contributed by atoms with Crippen molar-refractivity contribution in [2.45, 2.75) is 64.9 Å². The fraction of sp³-hybridized carbons (Fsp3) is 0.474. The number of carbonyl (C=O) groups is 2. The van der Waals surface area contributed by atoms with Crippen LogP contribution in [0.3, 0.4) is 0 Å². The van der Waals surface area contributed by atoms with Gasteiger partial charge < -0.3 is 10.0 Å². The summed E-state index contributed by atoms with van der Waals surface area (Å²) < 4.78 is 26.1. The maximum Gasteiger partial charge on any atom is 0.231 e. The molecule has 1 N–H and O–H groups in total. The monoisotopic (exact) mass is 646 g/mol. The number of ketones is 2. The number of sulfonamides is 1. The summed E-state index contributed by atoms with van der Waals surface area (Å²) in [6.07, 6.45) is 3.16. The highest BCUT2D eigenvalue weighted by atomic mass is 32.2. The molecule has 1 heterocycles. The van der Waals surface area contributed by atoms with E-state index < -0.39 is 16.1 Å². The Morgan fingerprint density at radius 3 is 2.09 bits per heavy atom. The average molecular weight is 647 g/mol. The van der Waals surface area contributed by atoms with Crippen LogP contribution in [0.1, 0.15) is 84.2 Å².